The maximum absolute atomic E-state index is 12.7. The van der Waals surface area contributed by atoms with E-state index in [9.17, 15) is 9.90 Å². The molecule has 0 aromatic heterocycles. The Kier molecular flexibility index (Phi) is 4.69. The first-order chi connectivity index (χ1) is 11.2. The number of nitrogens with zero attached hydrogens (tertiary/aromatic N) is 1. The second-order valence-electron chi connectivity index (χ2n) is 7.87. The van der Waals surface area contributed by atoms with Crippen molar-refractivity contribution in [1.29, 1.82) is 0 Å². The van der Waals surface area contributed by atoms with E-state index in [-0.39, 0.29) is 12.1 Å². The average molecular weight is 396 g/mol. The number of carbonyl (C=O) groups excluding carboxylic acids is 1. The van der Waals surface area contributed by atoms with Gasteiger partial charge in [0.25, 0.3) is 0 Å². The van der Waals surface area contributed by atoms with Crippen molar-refractivity contribution >= 4 is 22.0 Å². The number of benzene rings is 1. The number of aliphatic hydroxyl groups is 1. The molecule has 1 aliphatic heterocycles. The number of carbonyl (C=O) groups is 1. The fourth-order valence-electron chi connectivity index (χ4n) is 3.86. The molecule has 132 valence electrons. The van der Waals surface area contributed by atoms with Crippen molar-refractivity contribution in [2.75, 3.05) is 6.54 Å². The third-order valence-electron chi connectivity index (χ3n) is 5.17. The first-order valence-corrected chi connectivity index (χ1v) is 9.47. The van der Waals surface area contributed by atoms with Gasteiger partial charge in [0.1, 0.15) is 5.60 Å². The minimum atomic E-state index is -0.831. The molecular formula is C19H26BrNO3. The van der Waals surface area contributed by atoms with E-state index >= 15 is 0 Å². The minimum absolute atomic E-state index is 0.0232. The highest BCUT2D eigenvalue weighted by atomic mass is 79.9. The van der Waals surface area contributed by atoms with Gasteiger partial charge >= 0.3 is 6.09 Å². The zero-order valence-electron chi connectivity index (χ0n) is 14.6. The van der Waals surface area contributed by atoms with E-state index in [0.717, 1.165) is 29.3 Å². The van der Waals surface area contributed by atoms with E-state index in [1.54, 1.807) is 18.7 Å². The highest BCUT2D eigenvalue weighted by Gasteiger charge is 2.53. The van der Waals surface area contributed by atoms with E-state index in [4.69, 9.17) is 4.74 Å². The Labute approximate surface area is 152 Å². The van der Waals surface area contributed by atoms with Crippen LogP contribution in [0.4, 0.5) is 4.79 Å². The van der Waals surface area contributed by atoms with Crippen LogP contribution >= 0.6 is 15.9 Å². The van der Waals surface area contributed by atoms with Gasteiger partial charge in [-0.2, -0.15) is 0 Å². The number of ether oxygens (including phenoxy) is 1. The smallest absolute Gasteiger partial charge is 0.410 e. The molecule has 1 saturated heterocycles. The zero-order chi connectivity index (χ0) is 17.5. The molecule has 3 rings (SSSR count). The molecular weight excluding hydrogens is 370 g/mol. The summed E-state index contributed by atoms with van der Waals surface area (Å²) < 4.78 is 7.00. The minimum Gasteiger partial charge on any atom is -0.442 e. The fourth-order valence-corrected chi connectivity index (χ4v) is 4.12. The van der Waals surface area contributed by atoms with Crippen LogP contribution in [0.3, 0.4) is 0 Å². The molecule has 4 nitrogen and oxygen atoms in total. The lowest BCUT2D eigenvalue weighted by Gasteiger charge is -2.45. The van der Waals surface area contributed by atoms with Crippen LogP contribution in [0, 0.1) is 5.92 Å². The van der Waals surface area contributed by atoms with Crippen molar-refractivity contribution in [2.45, 2.75) is 63.7 Å². The Balaban J connectivity index is 1.74. The fraction of sp³-hybridized carbons (Fsp3) is 0.632. The Morgan fingerprint density at radius 1 is 1.38 bits per heavy atom. The molecule has 0 radical (unpaired) electrons. The summed E-state index contributed by atoms with van der Waals surface area (Å²) in [6, 6.07) is 8.02. The molecule has 1 saturated carbocycles. The van der Waals surface area contributed by atoms with Gasteiger partial charge in [-0.1, -0.05) is 28.1 Å². The molecule has 2 unspecified atom stereocenters. The normalized spacial score (nSPS) is 26.2. The van der Waals surface area contributed by atoms with Gasteiger partial charge in [0.2, 0.25) is 0 Å². The Hall–Kier alpha value is -1.07. The number of cyclic esters (lactones) is 1. The molecule has 2 aliphatic rings. The number of hydrogen-bond donors (Lipinski definition) is 1. The maximum atomic E-state index is 12.7. The van der Waals surface area contributed by atoms with Crippen LogP contribution < -0.4 is 0 Å². The van der Waals surface area contributed by atoms with Crippen LogP contribution in [0.15, 0.2) is 28.7 Å². The van der Waals surface area contributed by atoms with Gasteiger partial charge in [-0.3, -0.25) is 0 Å². The molecule has 1 heterocycles. The largest absolute Gasteiger partial charge is 0.442 e. The summed E-state index contributed by atoms with van der Waals surface area (Å²) >= 11 is 3.44. The summed E-state index contributed by atoms with van der Waals surface area (Å²) in [4.78, 5) is 14.5. The van der Waals surface area contributed by atoms with Crippen LogP contribution in [-0.4, -0.2) is 33.8 Å². The Morgan fingerprint density at radius 3 is 2.50 bits per heavy atom. The van der Waals surface area contributed by atoms with Crippen LogP contribution in [0.25, 0.3) is 0 Å². The monoisotopic (exact) mass is 395 g/mol. The quantitative estimate of drug-likeness (QED) is 0.788. The van der Waals surface area contributed by atoms with Crippen LogP contribution in [0.1, 0.15) is 58.1 Å². The van der Waals surface area contributed by atoms with Gasteiger partial charge in [0.15, 0.2) is 0 Å². The molecule has 1 aromatic carbocycles. The van der Waals surface area contributed by atoms with Crippen molar-refractivity contribution in [1.82, 2.24) is 4.90 Å². The molecule has 1 aromatic rings. The van der Waals surface area contributed by atoms with Crippen LogP contribution in [-0.2, 0) is 4.74 Å². The summed E-state index contributed by atoms with van der Waals surface area (Å²) in [5.74, 6) is 0.401. The van der Waals surface area contributed by atoms with Crippen molar-refractivity contribution in [2.24, 2.45) is 5.92 Å². The van der Waals surface area contributed by atoms with Gasteiger partial charge < -0.3 is 14.7 Å². The predicted molar refractivity (Wildman–Crippen MR) is 96.7 cm³/mol. The van der Waals surface area contributed by atoms with Gasteiger partial charge in [0.05, 0.1) is 11.6 Å². The summed E-state index contributed by atoms with van der Waals surface area (Å²) in [5.41, 5.74) is -0.232. The van der Waals surface area contributed by atoms with E-state index in [1.165, 1.54) is 0 Å². The predicted octanol–water partition coefficient (Wildman–Crippen LogP) is 4.66. The van der Waals surface area contributed by atoms with Crippen molar-refractivity contribution in [3.05, 3.63) is 34.3 Å². The molecule has 0 bridgehead atoms. The Bertz CT molecular complexity index is 606. The van der Waals surface area contributed by atoms with E-state index in [2.05, 4.69) is 15.9 Å². The highest BCUT2D eigenvalue weighted by Crippen LogP contribution is 2.50. The van der Waals surface area contributed by atoms with Gasteiger partial charge in [-0.25, -0.2) is 4.79 Å². The van der Waals surface area contributed by atoms with E-state index < -0.39 is 11.2 Å². The molecule has 0 spiro atoms. The number of rotatable bonds is 5. The third-order valence-corrected chi connectivity index (χ3v) is 5.70. The second-order valence-corrected chi connectivity index (χ2v) is 8.78. The van der Waals surface area contributed by atoms with Crippen LogP contribution in [0.5, 0.6) is 0 Å². The summed E-state index contributed by atoms with van der Waals surface area (Å²) in [7, 11) is 0. The molecule has 1 amide bonds. The topological polar surface area (TPSA) is 49.8 Å². The lowest BCUT2D eigenvalue weighted by molar-refractivity contribution is -0.108. The summed E-state index contributed by atoms with van der Waals surface area (Å²) in [5, 5.41) is 10.3. The SMILES string of the molecule is CC(c1ccc(Br)cc1)N1CCC(CC(C)(C)O)(C2CC2)OC1=O. The lowest BCUT2D eigenvalue weighted by Crippen LogP contribution is -2.54. The zero-order valence-corrected chi connectivity index (χ0v) is 16.2. The standard InChI is InChI=1S/C19H26BrNO3/c1-13(14-4-8-16(20)9-5-14)21-11-10-19(15-6-7-15,24-17(21)22)12-18(2,3)23/h4-5,8-9,13,15,23H,6-7,10-12H2,1-3H3. The Morgan fingerprint density at radius 2 is 2.00 bits per heavy atom. The molecule has 1 aliphatic carbocycles. The summed E-state index contributed by atoms with van der Waals surface area (Å²) in [6.07, 6.45) is 3.22. The first-order valence-electron chi connectivity index (χ1n) is 8.68. The highest BCUT2D eigenvalue weighted by molar-refractivity contribution is 9.10. The van der Waals surface area contributed by atoms with Crippen molar-refractivity contribution < 1.29 is 14.6 Å². The number of amides is 1. The molecule has 2 fully saturated rings. The van der Waals surface area contributed by atoms with Gasteiger partial charge in [-0.05, 0) is 57.2 Å². The molecule has 2 atom stereocenters. The van der Waals surface area contributed by atoms with Crippen LogP contribution in [0.2, 0.25) is 0 Å². The van der Waals surface area contributed by atoms with E-state index in [1.807, 2.05) is 31.2 Å². The average Bonchev–Trinajstić information content (AvgIpc) is 3.31. The van der Waals surface area contributed by atoms with Gasteiger partial charge in [0, 0.05) is 23.9 Å². The molecule has 1 N–H and O–H groups in total. The van der Waals surface area contributed by atoms with Gasteiger partial charge in [-0.15, -0.1) is 0 Å². The molecule has 24 heavy (non-hydrogen) atoms. The third kappa shape index (κ3) is 3.77. The van der Waals surface area contributed by atoms with E-state index in [0.29, 0.717) is 18.9 Å². The molecule has 5 heteroatoms. The maximum Gasteiger partial charge on any atom is 0.410 e. The summed E-state index contributed by atoms with van der Waals surface area (Å²) in [6.45, 7) is 6.29. The second kappa shape index (κ2) is 6.34. The van der Waals surface area contributed by atoms with Crippen molar-refractivity contribution in [3.63, 3.8) is 0 Å². The number of halogens is 1. The van der Waals surface area contributed by atoms with Crippen molar-refractivity contribution in [3.8, 4) is 0 Å². The number of hydrogen-bond acceptors (Lipinski definition) is 3. The first kappa shape index (κ1) is 17.7. The lowest BCUT2D eigenvalue weighted by atomic mass is 9.81.